The number of rotatable bonds is 5. The molecule has 3 aliphatic rings. The number of hydrogen-bond donors (Lipinski definition) is 1. The second-order valence-electron chi connectivity index (χ2n) is 7.37. The third-order valence-electron chi connectivity index (χ3n) is 5.86. The van der Waals surface area contributed by atoms with E-state index in [9.17, 15) is 10.1 Å². The highest BCUT2D eigenvalue weighted by atomic mass is 79.9. The zero-order valence-electron chi connectivity index (χ0n) is 14.1. The highest BCUT2D eigenvalue weighted by molar-refractivity contribution is 9.10. The van der Waals surface area contributed by atoms with E-state index in [4.69, 9.17) is 4.74 Å². The number of nitrogens with one attached hydrogen (secondary N) is 1. The van der Waals surface area contributed by atoms with Crippen LogP contribution in [0.15, 0.2) is 22.7 Å². The number of carbonyl (C=O) groups is 1. The molecule has 0 aromatic heterocycles. The van der Waals surface area contributed by atoms with Crippen molar-refractivity contribution in [2.45, 2.75) is 56.7 Å². The Bertz CT molecular complexity index is 713. The third-order valence-corrected chi connectivity index (χ3v) is 6.52. The van der Waals surface area contributed by atoms with Crippen LogP contribution in [-0.2, 0) is 0 Å². The molecule has 2 bridgehead atoms. The predicted octanol–water partition coefficient (Wildman–Crippen LogP) is 3.44. The Kier molecular flexibility index (Phi) is 4.60. The van der Waals surface area contributed by atoms with Crippen molar-refractivity contribution in [2.75, 3.05) is 6.61 Å². The predicted molar refractivity (Wildman–Crippen MR) is 97.1 cm³/mol. The highest BCUT2D eigenvalue weighted by Gasteiger charge is 2.46. The number of nitriles is 1. The van der Waals surface area contributed by atoms with E-state index >= 15 is 0 Å². The lowest BCUT2D eigenvalue weighted by Crippen LogP contribution is -2.43. The van der Waals surface area contributed by atoms with Crippen molar-refractivity contribution >= 4 is 21.8 Å². The number of nitrogens with zero attached hydrogens (tertiary/aromatic N) is 2. The van der Waals surface area contributed by atoms with Crippen LogP contribution < -0.4 is 10.1 Å². The van der Waals surface area contributed by atoms with E-state index < -0.39 is 0 Å². The van der Waals surface area contributed by atoms with Gasteiger partial charge < -0.3 is 15.0 Å². The molecular formula is C19H22BrN3O2. The van der Waals surface area contributed by atoms with Gasteiger partial charge >= 0.3 is 0 Å². The third kappa shape index (κ3) is 3.22. The van der Waals surface area contributed by atoms with Crippen LogP contribution in [-0.4, -0.2) is 35.5 Å². The summed E-state index contributed by atoms with van der Waals surface area (Å²) in [5, 5.41) is 12.4. The maximum atomic E-state index is 12.7. The molecule has 1 aromatic rings. The Morgan fingerprint density at radius 1 is 1.36 bits per heavy atom. The van der Waals surface area contributed by atoms with Crippen LogP contribution in [0.5, 0.6) is 5.75 Å². The Morgan fingerprint density at radius 2 is 2.20 bits per heavy atom. The van der Waals surface area contributed by atoms with Gasteiger partial charge in [-0.3, -0.25) is 4.79 Å². The summed E-state index contributed by atoms with van der Waals surface area (Å²) in [5.41, 5.74) is 0.609. The summed E-state index contributed by atoms with van der Waals surface area (Å²) < 4.78 is 6.78. The Labute approximate surface area is 156 Å². The van der Waals surface area contributed by atoms with Gasteiger partial charge in [0.2, 0.25) is 0 Å². The standard InChI is InChI=1S/C19H22BrN3O2/c20-15-6-4-13(8-18(15)25-10-12-2-1-3-12)19(24)22-16-9-14-5-7-17(16)23(14)11-21/h4,6,8,12,14,16-17H,1-3,5,7,9-10H2,(H,22,24)/t14-,16+,17+/m0/s1. The highest BCUT2D eigenvalue weighted by Crippen LogP contribution is 2.37. The number of amides is 1. The molecule has 3 fully saturated rings. The second kappa shape index (κ2) is 6.87. The first kappa shape index (κ1) is 16.7. The lowest BCUT2D eigenvalue weighted by Gasteiger charge is -2.25. The first-order valence-electron chi connectivity index (χ1n) is 9.07. The van der Waals surface area contributed by atoms with Crippen molar-refractivity contribution < 1.29 is 9.53 Å². The first-order chi connectivity index (χ1) is 12.2. The molecule has 1 aromatic carbocycles. The molecule has 2 heterocycles. The minimum Gasteiger partial charge on any atom is -0.492 e. The number of hydrogen-bond acceptors (Lipinski definition) is 4. The molecule has 0 spiro atoms. The van der Waals surface area contributed by atoms with Crippen molar-refractivity contribution in [2.24, 2.45) is 5.92 Å². The van der Waals surface area contributed by atoms with Gasteiger partial charge in [-0.1, -0.05) is 6.42 Å². The van der Waals surface area contributed by atoms with Gasteiger partial charge in [-0.2, -0.15) is 5.26 Å². The molecule has 5 nitrogen and oxygen atoms in total. The minimum atomic E-state index is -0.0866. The van der Waals surface area contributed by atoms with Gasteiger partial charge in [0.05, 0.1) is 23.2 Å². The molecule has 4 rings (SSSR count). The SMILES string of the molecule is N#CN1[C@H]2CC[C@@H]1[C@H](NC(=O)c1ccc(Br)c(OCC3CCC3)c1)C2. The molecule has 0 unspecified atom stereocenters. The molecule has 2 saturated heterocycles. The fraction of sp³-hybridized carbons (Fsp3) is 0.579. The fourth-order valence-corrected chi connectivity index (χ4v) is 4.53. The van der Waals surface area contributed by atoms with Crippen LogP contribution in [0.3, 0.4) is 0 Å². The monoisotopic (exact) mass is 403 g/mol. The van der Waals surface area contributed by atoms with E-state index in [2.05, 4.69) is 27.4 Å². The number of benzene rings is 1. The Hall–Kier alpha value is -1.74. The summed E-state index contributed by atoms with van der Waals surface area (Å²) in [6, 6.07) is 6.01. The second-order valence-corrected chi connectivity index (χ2v) is 8.23. The van der Waals surface area contributed by atoms with Gasteiger partial charge in [0.15, 0.2) is 6.19 Å². The molecule has 1 aliphatic carbocycles. The molecular weight excluding hydrogens is 382 g/mol. The van der Waals surface area contributed by atoms with E-state index in [1.165, 1.54) is 19.3 Å². The molecule has 6 heteroatoms. The number of halogens is 1. The molecule has 1 saturated carbocycles. The quantitative estimate of drug-likeness (QED) is 0.764. The van der Waals surface area contributed by atoms with E-state index in [0.717, 1.165) is 29.5 Å². The number of carbonyl (C=O) groups excluding carboxylic acids is 1. The van der Waals surface area contributed by atoms with Crippen molar-refractivity contribution in [1.82, 2.24) is 10.2 Å². The van der Waals surface area contributed by atoms with Gasteiger partial charge in [0, 0.05) is 11.6 Å². The van der Waals surface area contributed by atoms with Crippen molar-refractivity contribution in [3.63, 3.8) is 0 Å². The van der Waals surface area contributed by atoms with Gasteiger partial charge in [-0.05, 0) is 72.2 Å². The molecule has 3 atom stereocenters. The summed E-state index contributed by atoms with van der Waals surface area (Å²) in [4.78, 5) is 14.5. The van der Waals surface area contributed by atoms with Crippen LogP contribution in [0.4, 0.5) is 0 Å². The van der Waals surface area contributed by atoms with E-state index in [1.54, 1.807) is 0 Å². The molecule has 132 valence electrons. The smallest absolute Gasteiger partial charge is 0.251 e. The lowest BCUT2D eigenvalue weighted by molar-refractivity contribution is 0.0927. The van der Waals surface area contributed by atoms with Crippen LogP contribution in [0, 0.1) is 17.4 Å². The maximum absolute atomic E-state index is 12.7. The molecule has 2 aliphatic heterocycles. The van der Waals surface area contributed by atoms with E-state index in [0.29, 0.717) is 24.1 Å². The van der Waals surface area contributed by atoms with E-state index in [1.807, 2.05) is 23.1 Å². The van der Waals surface area contributed by atoms with Gasteiger partial charge in [0.25, 0.3) is 5.91 Å². The molecule has 1 amide bonds. The molecule has 1 N–H and O–H groups in total. The van der Waals surface area contributed by atoms with Gasteiger partial charge in [-0.15, -0.1) is 0 Å². The zero-order chi connectivity index (χ0) is 17.4. The minimum absolute atomic E-state index is 0.0638. The summed E-state index contributed by atoms with van der Waals surface area (Å²) in [7, 11) is 0. The number of fused-ring (bicyclic) bond motifs is 2. The fourth-order valence-electron chi connectivity index (χ4n) is 4.17. The van der Waals surface area contributed by atoms with E-state index in [-0.39, 0.29) is 18.0 Å². The summed E-state index contributed by atoms with van der Waals surface area (Å²) in [6.45, 7) is 0.715. The van der Waals surface area contributed by atoms with Crippen LogP contribution in [0.25, 0.3) is 0 Å². The number of ether oxygens (including phenoxy) is 1. The summed E-state index contributed by atoms with van der Waals surface area (Å²) in [6.07, 6.45) is 8.95. The van der Waals surface area contributed by atoms with Crippen LogP contribution in [0.1, 0.15) is 48.9 Å². The average Bonchev–Trinajstić information content (AvgIpc) is 3.11. The zero-order valence-corrected chi connectivity index (χ0v) is 15.7. The summed E-state index contributed by atoms with van der Waals surface area (Å²) >= 11 is 3.50. The van der Waals surface area contributed by atoms with Crippen molar-refractivity contribution in [3.8, 4) is 11.9 Å². The van der Waals surface area contributed by atoms with Crippen molar-refractivity contribution in [1.29, 1.82) is 5.26 Å². The van der Waals surface area contributed by atoms with Gasteiger partial charge in [0.1, 0.15) is 5.75 Å². The van der Waals surface area contributed by atoms with Crippen molar-refractivity contribution in [3.05, 3.63) is 28.2 Å². The largest absolute Gasteiger partial charge is 0.492 e. The maximum Gasteiger partial charge on any atom is 0.251 e. The normalized spacial score (nSPS) is 27.7. The first-order valence-corrected chi connectivity index (χ1v) is 9.86. The lowest BCUT2D eigenvalue weighted by atomic mass is 9.86. The Balaban J connectivity index is 1.41. The average molecular weight is 404 g/mol. The van der Waals surface area contributed by atoms with Crippen LogP contribution in [0.2, 0.25) is 0 Å². The topological polar surface area (TPSA) is 65.4 Å². The molecule has 0 radical (unpaired) electrons. The van der Waals surface area contributed by atoms with Crippen LogP contribution >= 0.6 is 15.9 Å². The summed E-state index contributed by atoms with van der Waals surface area (Å²) in [5.74, 6) is 1.29. The Morgan fingerprint density at radius 3 is 2.88 bits per heavy atom. The molecule has 25 heavy (non-hydrogen) atoms. The van der Waals surface area contributed by atoms with Gasteiger partial charge in [-0.25, -0.2) is 0 Å².